The molecule has 0 saturated carbocycles. The summed E-state index contributed by atoms with van der Waals surface area (Å²) in [5.74, 6) is 2.48. The highest BCUT2D eigenvalue weighted by molar-refractivity contribution is 5.75. The monoisotopic (exact) mass is 195 g/mol. The van der Waals surface area contributed by atoms with Gasteiger partial charge in [-0.3, -0.25) is 9.69 Å². The summed E-state index contributed by atoms with van der Waals surface area (Å²) in [7, 11) is 1.44. The van der Waals surface area contributed by atoms with Gasteiger partial charge in [0.1, 0.15) is 6.04 Å². The summed E-state index contributed by atoms with van der Waals surface area (Å²) in [6, 6.07) is -0.0675. The zero-order chi connectivity index (χ0) is 10.4. The van der Waals surface area contributed by atoms with E-state index in [1.807, 2.05) is 0 Å². The lowest BCUT2D eigenvalue weighted by atomic mass is 10.0. The summed E-state index contributed by atoms with van der Waals surface area (Å²) in [6.07, 6.45) is 9.06. The Morgan fingerprint density at radius 1 is 1.64 bits per heavy atom. The topological polar surface area (TPSA) is 29.5 Å². The first kappa shape index (κ1) is 11.1. The fourth-order valence-electron chi connectivity index (χ4n) is 1.87. The first-order valence-electron chi connectivity index (χ1n) is 5.05. The highest BCUT2D eigenvalue weighted by atomic mass is 16.5. The third kappa shape index (κ3) is 2.74. The molecule has 3 heteroatoms. The molecule has 1 aliphatic heterocycles. The van der Waals surface area contributed by atoms with Crippen molar-refractivity contribution in [2.45, 2.75) is 31.7 Å². The lowest BCUT2D eigenvalue weighted by Crippen LogP contribution is -2.45. The van der Waals surface area contributed by atoms with Crippen LogP contribution in [-0.2, 0) is 9.53 Å². The van der Waals surface area contributed by atoms with Crippen molar-refractivity contribution in [1.82, 2.24) is 4.90 Å². The van der Waals surface area contributed by atoms with Crippen molar-refractivity contribution in [3.63, 3.8) is 0 Å². The highest BCUT2D eigenvalue weighted by Gasteiger charge is 2.28. The quantitative estimate of drug-likeness (QED) is 0.498. The van der Waals surface area contributed by atoms with E-state index >= 15 is 0 Å². The van der Waals surface area contributed by atoms with Gasteiger partial charge in [0.15, 0.2) is 0 Å². The summed E-state index contributed by atoms with van der Waals surface area (Å²) < 4.78 is 4.77. The number of carbonyl (C=O) groups excluding carboxylic acids is 1. The van der Waals surface area contributed by atoms with Gasteiger partial charge in [-0.25, -0.2) is 0 Å². The van der Waals surface area contributed by atoms with Gasteiger partial charge in [0, 0.05) is 13.0 Å². The fourth-order valence-corrected chi connectivity index (χ4v) is 1.87. The Morgan fingerprint density at radius 2 is 2.43 bits per heavy atom. The molecule has 1 aliphatic rings. The number of ether oxygens (including phenoxy) is 1. The van der Waals surface area contributed by atoms with Gasteiger partial charge in [-0.15, -0.1) is 12.3 Å². The molecule has 1 saturated heterocycles. The van der Waals surface area contributed by atoms with Gasteiger partial charge in [0.05, 0.1) is 7.11 Å². The summed E-state index contributed by atoms with van der Waals surface area (Å²) in [5, 5.41) is 0. The maximum atomic E-state index is 11.4. The Hall–Kier alpha value is -1.01. The minimum atomic E-state index is -0.123. The Kier molecular flexibility index (Phi) is 4.48. The predicted octanol–water partition coefficient (Wildman–Crippen LogP) is 1.04. The van der Waals surface area contributed by atoms with E-state index in [9.17, 15) is 4.79 Å². The second-order valence-electron chi connectivity index (χ2n) is 3.52. The molecule has 1 heterocycles. The van der Waals surface area contributed by atoms with Crippen LogP contribution in [0.4, 0.5) is 0 Å². The van der Waals surface area contributed by atoms with Gasteiger partial charge >= 0.3 is 5.97 Å². The number of piperidine rings is 1. The molecule has 0 aromatic carbocycles. The second kappa shape index (κ2) is 5.66. The van der Waals surface area contributed by atoms with Crippen molar-refractivity contribution in [3.05, 3.63) is 0 Å². The first-order valence-corrected chi connectivity index (χ1v) is 5.05. The molecular weight excluding hydrogens is 178 g/mol. The molecular formula is C11H17NO2. The first-order chi connectivity index (χ1) is 6.79. The van der Waals surface area contributed by atoms with Crippen LogP contribution >= 0.6 is 0 Å². The summed E-state index contributed by atoms with van der Waals surface area (Å²) >= 11 is 0. The molecule has 3 nitrogen and oxygen atoms in total. The van der Waals surface area contributed by atoms with Crippen LogP contribution in [0.15, 0.2) is 0 Å². The molecule has 78 valence electrons. The lowest BCUT2D eigenvalue weighted by Gasteiger charge is -2.33. The number of methoxy groups -OCH3 is 1. The van der Waals surface area contributed by atoms with Crippen molar-refractivity contribution >= 4 is 5.97 Å². The Bertz CT molecular complexity index is 232. The molecule has 1 unspecified atom stereocenters. The van der Waals surface area contributed by atoms with Crippen LogP contribution in [0.3, 0.4) is 0 Å². The van der Waals surface area contributed by atoms with E-state index in [-0.39, 0.29) is 12.0 Å². The largest absolute Gasteiger partial charge is 0.468 e. The predicted molar refractivity (Wildman–Crippen MR) is 54.7 cm³/mol. The highest BCUT2D eigenvalue weighted by Crippen LogP contribution is 2.17. The molecule has 0 spiro atoms. The molecule has 0 aromatic rings. The van der Waals surface area contributed by atoms with Crippen LogP contribution in [0, 0.1) is 12.3 Å². The van der Waals surface area contributed by atoms with E-state index in [1.165, 1.54) is 7.11 Å². The van der Waals surface area contributed by atoms with Crippen LogP contribution in [0.25, 0.3) is 0 Å². The number of likely N-dealkylation sites (tertiary alicyclic amines) is 1. The summed E-state index contributed by atoms with van der Waals surface area (Å²) in [5.41, 5.74) is 0. The normalized spacial score (nSPS) is 22.7. The molecule has 1 atom stereocenters. The Balaban J connectivity index is 2.50. The number of terminal acetylenes is 1. The lowest BCUT2D eigenvalue weighted by molar-refractivity contribution is -0.148. The van der Waals surface area contributed by atoms with Crippen molar-refractivity contribution < 1.29 is 9.53 Å². The Labute approximate surface area is 85.4 Å². The van der Waals surface area contributed by atoms with Crippen LogP contribution in [0.2, 0.25) is 0 Å². The van der Waals surface area contributed by atoms with E-state index in [0.717, 1.165) is 32.4 Å². The minimum absolute atomic E-state index is 0.0675. The number of nitrogens with zero attached hydrogens (tertiary/aromatic N) is 1. The average molecular weight is 195 g/mol. The molecule has 1 fully saturated rings. The van der Waals surface area contributed by atoms with E-state index < -0.39 is 0 Å². The van der Waals surface area contributed by atoms with Crippen molar-refractivity contribution in [3.8, 4) is 12.3 Å². The molecule has 0 aliphatic carbocycles. The molecule has 0 amide bonds. The summed E-state index contributed by atoms with van der Waals surface area (Å²) in [4.78, 5) is 13.6. The standard InChI is InChI=1S/C11H17NO2/c1-3-4-8-12-9-6-5-7-10(12)11(13)14-2/h1,10H,4-9H2,2H3. The molecule has 0 N–H and O–H groups in total. The molecule has 0 radical (unpaired) electrons. The fraction of sp³-hybridized carbons (Fsp3) is 0.727. The second-order valence-corrected chi connectivity index (χ2v) is 3.52. The number of hydrogen-bond donors (Lipinski definition) is 0. The zero-order valence-corrected chi connectivity index (χ0v) is 8.66. The van der Waals surface area contributed by atoms with E-state index in [1.54, 1.807) is 0 Å². The zero-order valence-electron chi connectivity index (χ0n) is 8.66. The number of rotatable bonds is 3. The van der Waals surface area contributed by atoms with Gasteiger partial charge in [-0.05, 0) is 19.4 Å². The van der Waals surface area contributed by atoms with Crippen LogP contribution < -0.4 is 0 Å². The van der Waals surface area contributed by atoms with Gasteiger partial charge in [0.25, 0.3) is 0 Å². The third-order valence-corrected chi connectivity index (χ3v) is 2.63. The summed E-state index contributed by atoms with van der Waals surface area (Å²) in [6.45, 7) is 1.76. The average Bonchev–Trinajstić information content (AvgIpc) is 2.25. The number of carbonyl (C=O) groups is 1. The maximum Gasteiger partial charge on any atom is 0.323 e. The van der Waals surface area contributed by atoms with Crippen molar-refractivity contribution in [2.24, 2.45) is 0 Å². The van der Waals surface area contributed by atoms with Gasteiger partial charge < -0.3 is 4.74 Å². The minimum Gasteiger partial charge on any atom is -0.468 e. The maximum absolute atomic E-state index is 11.4. The smallest absolute Gasteiger partial charge is 0.323 e. The van der Waals surface area contributed by atoms with Gasteiger partial charge in [-0.1, -0.05) is 6.42 Å². The van der Waals surface area contributed by atoms with Crippen molar-refractivity contribution in [1.29, 1.82) is 0 Å². The third-order valence-electron chi connectivity index (χ3n) is 2.63. The van der Waals surface area contributed by atoms with Crippen molar-refractivity contribution in [2.75, 3.05) is 20.2 Å². The van der Waals surface area contributed by atoms with E-state index in [0.29, 0.717) is 6.42 Å². The van der Waals surface area contributed by atoms with Crippen LogP contribution in [0.5, 0.6) is 0 Å². The SMILES string of the molecule is C#CCCN1CCCCC1C(=O)OC. The van der Waals surface area contributed by atoms with Gasteiger partial charge in [-0.2, -0.15) is 0 Å². The number of esters is 1. The molecule has 1 rings (SSSR count). The molecule has 14 heavy (non-hydrogen) atoms. The molecule has 0 bridgehead atoms. The van der Waals surface area contributed by atoms with E-state index in [2.05, 4.69) is 10.8 Å². The van der Waals surface area contributed by atoms with E-state index in [4.69, 9.17) is 11.2 Å². The van der Waals surface area contributed by atoms with Gasteiger partial charge in [0.2, 0.25) is 0 Å². The Morgan fingerprint density at radius 3 is 3.07 bits per heavy atom. The molecule has 0 aromatic heterocycles. The van der Waals surface area contributed by atoms with Crippen LogP contribution in [0.1, 0.15) is 25.7 Å². The van der Waals surface area contributed by atoms with Crippen LogP contribution in [-0.4, -0.2) is 37.1 Å². The number of hydrogen-bond acceptors (Lipinski definition) is 3.